The first-order valence-corrected chi connectivity index (χ1v) is 9.59. The maximum atomic E-state index is 12.9. The molecule has 0 radical (unpaired) electrons. The van der Waals surface area contributed by atoms with Gasteiger partial charge >= 0.3 is 5.97 Å². The van der Waals surface area contributed by atoms with Crippen LogP contribution in [0.2, 0.25) is 0 Å². The van der Waals surface area contributed by atoms with Gasteiger partial charge in [-0.15, -0.1) is 0 Å². The zero-order valence-corrected chi connectivity index (χ0v) is 15.5. The number of rotatable bonds is 6. The van der Waals surface area contributed by atoms with Crippen LogP contribution < -0.4 is 0 Å². The van der Waals surface area contributed by atoms with Crippen LogP contribution in [-0.4, -0.2) is 35.4 Å². The van der Waals surface area contributed by atoms with Crippen molar-refractivity contribution in [3.63, 3.8) is 0 Å². The SMILES string of the molecule is CCn1cc(S(=O)(=O)N(C)C(C)c2cc3ccccc3o2)cc1C(=O)O. The Kier molecular flexibility index (Phi) is 4.64. The minimum absolute atomic E-state index is 0.0535. The molecule has 0 fully saturated rings. The van der Waals surface area contributed by atoms with Crippen LogP contribution in [0, 0.1) is 0 Å². The number of hydrogen-bond acceptors (Lipinski definition) is 4. The van der Waals surface area contributed by atoms with Crippen molar-refractivity contribution in [2.45, 2.75) is 31.3 Å². The number of aromatic nitrogens is 1. The predicted octanol–water partition coefficient (Wildman–Crippen LogP) is 3.33. The lowest BCUT2D eigenvalue weighted by molar-refractivity contribution is 0.0685. The molecule has 3 rings (SSSR count). The van der Waals surface area contributed by atoms with E-state index in [1.807, 2.05) is 30.3 Å². The van der Waals surface area contributed by atoms with Crippen molar-refractivity contribution in [2.24, 2.45) is 0 Å². The normalized spacial score (nSPS) is 13.4. The average molecular weight is 376 g/mol. The molecule has 7 nitrogen and oxygen atoms in total. The topological polar surface area (TPSA) is 92.8 Å². The van der Waals surface area contributed by atoms with Gasteiger partial charge < -0.3 is 14.1 Å². The van der Waals surface area contributed by atoms with Crippen molar-refractivity contribution in [3.8, 4) is 0 Å². The third-order valence-corrected chi connectivity index (χ3v) is 6.40. The van der Waals surface area contributed by atoms with Gasteiger partial charge in [-0.25, -0.2) is 13.2 Å². The number of fused-ring (bicyclic) bond motifs is 1. The van der Waals surface area contributed by atoms with Crippen molar-refractivity contribution in [3.05, 3.63) is 54.0 Å². The van der Waals surface area contributed by atoms with Gasteiger partial charge in [-0.05, 0) is 32.0 Å². The summed E-state index contributed by atoms with van der Waals surface area (Å²) in [6.45, 7) is 3.84. The molecule has 0 aliphatic carbocycles. The predicted molar refractivity (Wildman–Crippen MR) is 96.6 cm³/mol. The third kappa shape index (κ3) is 3.02. The Labute approximate surface area is 151 Å². The second-order valence-corrected chi connectivity index (χ2v) is 8.03. The van der Waals surface area contributed by atoms with E-state index in [2.05, 4.69) is 0 Å². The Balaban J connectivity index is 1.97. The molecule has 1 atom stereocenters. The largest absolute Gasteiger partial charge is 0.477 e. The fourth-order valence-corrected chi connectivity index (χ4v) is 4.20. The highest BCUT2D eigenvalue weighted by Gasteiger charge is 2.30. The molecule has 0 saturated heterocycles. The molecule has 0 bridgehead atoms. The van der Waals surface area contributed by atoms with Gasteiger partial charge in [-0.1, -0.05) is 18.2 Å². The summed E-state index contributed by atoms with van der Waals surface area (Å²) >= 11 is 0. The van der Waals surface area contributed by atoms with E-state index in [1.165, 1.54) is 28.2 Å². The first-order valence-electron chi connectivity index (χ1n) is 8.15. The second kappa shape index (κ2) is 6.62. The number of carboxylic acid groups (broad SMARTS) is 1. The Hall–Kier alpha value is -2.58. The zero-order chi connectivity index (χ0) is 19.1. The molecule has 26 heavy (non-hydrogen) atoms. The standard InChI is InChI=1S/C18H20N2O5S/c1-4-20-11-14(10-15(20)18(21)22)26(23,24)19(3)12(2)17-9-13-7-5-6-8-16(13)25-17/h5-12H,4H2,1-3H3,(H,21,22). The molecular formula is C18H20N2O5S. The highest BCUT2D eigenvalue weighted by Crippen LogP contribution is 2.30. The van der Waals surface area contributed by atoms with Crippen LogP contribution in [0.15, 0.2) is 51.9 Å². The van der Waals surface area contributed by atoms with E-state index in [0.29, 0.717) is 17.9 Å². The van der Waals surface area contributed by atoms with Crippen molar-refractivity contribution in [2.75, 3.05) is 7.05 Å². The first-order chi connectivity index (χ1) is 12.3. The minimum atomic E-state index is -3.88. The molecule has 138 valence electrons. The number of carbonyl (C=O) groups is 1. The van der Waals surface area contributed by atoms with Gasteiger partial charge in [-0.3, -0.25) is 0 Å². The lowest BCUT2D eigenvalue weighted by atomic mass is 10.2. The molecule has 1 unspecified atom stereocenters. The minimum Gasteiger partial charge on any atom is -0.477 e. The maximum absolute atomic E-state index is 12.9. The van der Waals surface area contributed by atoms with Crippen LogP contribution in [0.25, 0.3) is 11.0 Å². The number of aryl methyl sites for hydroxylation is 1. The highest BCUT2D eigenvalue weighted by molar-refractivity contribution is 7.89. The summed E-state index contributed by atoms with van der Waals surface area (Å²) in [6.07, 6.45) is 1.35. The Bertz CT molecular complexity index is 1030. The Morgan fingerprint density at radius 1 is 1.31 bits per heavy atom. The summed E-state index contributed by atoms with van der Waals surface area (Å²) in [7, 11) is -2.42. The number of benzene rings is 1. The summed E-state index contributed by atoms with van der Waals surface area (Å²) in [4.78, 5) is 11.2. The van der Waals surface area contributed by atoms with Gasteiger partial charge in [0.25, 0.3) is 0 Å². The Morgan fingerprint density at radius 2 is 2.00 bits per heavy atom. The number of para-hydroxylation sites is 1. The van der Waals surface area contributed by atoms with Gasteiger partial charge in [0, 0.05) is 25.2 Å². The second-order valence-electron chi connectivity index (χ2n) is 6.04. The van der Waals surface area contributed by atoms with Gasteiger partial charge in [0.15, 0.2) is 0 Å². The van der Waals surface area contributed by atoms with Crippen LogP contribution in [0.4, 0.5) is 0 Å². The molecule has 3 aromatic rings. The van der Waals surface area contributed by atoms with Crippen LogP contribution in [0.3, 0.4) is 0 Å². The smallest absolute Gasteiger partial charge is 0.352 e. The molecule has 2 aromatic heterocycles. The number of nitrogens with zero attached hydrogens (tertiary/aromatic N) is 2. The zero-order valence-electron chi connectivity index (χ0n) is 14.7. The molecule has 0 aliphatic rings. The van der Waals surface area contributed by atoms with Gasteiger partial charge in [0.05, 0.1) is 6.04 Å². The number of sulfonamides is 1. The van der Waals surface area contributed by atoms with Crippen LogP contribution in [0.1, 0.15) is 36.1 Å². The van der Waals surface area contributed by atoms with E-state index in [-0.39, 0.29) is 10.6 Å². The fourth-order valence-electron chi connectivity index (χ4n) is 2.83. The lowest BCUT2D eigenvalue weighted by Gasteiger charge is -2.22. The highest BCUT2D eigenvalue weighted by atomic mass is 32.2. The Morgan fingerprint density at radius 3 is 2.58 bits per heavy atom. The van der Waals surface area contributed by atoms with E-state index in [9.17, 15) is 18.3 Å². The molecular weight excluding hydrogens is 356 g/mol. The van der Waals surface area contributed by atoms with Crippen LogP contribution in [0.5, 0.6) is 0 Å². The van der Waals surface area contributed by atoms with E-state index >= 15 is 0 Å². The van der Waals surface area contributed by atoms with Crippen molar-refractivity contribution in [1.29, 1.82) is 0 Å². The monoisotopic (exact) mass is 376 g/mol. The van der Waals surface area contributed by atoms with Crippen molar-refractivity contribution in [1.82, 2.24) is 8.87 Å². The van der Waals surface area contributed by atoms with Crippen molar-refractivity contribution >= 4 is 27.0 Å². The maximum Gasteiger partial charge on any atom is 0.352 e. The van der Waals surface area contributed by atoms with E-state index in [1.54, 1.807) is 13.8 Å². The summed E-state index contributed by atoms with van der Waals surface area (Å²) in [5, 5.41) is 10.1. The molecule has 0 spiro atoms. The van der Waals surface area contributed by atoms with Gasteiger partial charge in [-0.2, -0.15) is 4.31 Å². The quantitative estimate of drug-likeness (QED) is 0.712. The van der Waals surface area contributed by atoms with E-state index in [0.717, 1.165) is 5.39 Å². The molecule has 1 aromatic carbocycles. The molecule has 0 amide bonds. The summed E-state index contributed by atoms with van der Waals surface area (Å²) < 4.78 is 34.2. The number of carboxylic acids is 1. The van der Waals surface area contributed by atoms with Crippen molar-refractivity contribution < 1.29 is 22.7 Å². The van der Waals surface area contributed by atoms with Gasteiger partial charge in [0.2, 0.25) is 10.0 Å². The molecule has 8 heteroatoms. The van der Waals surface area contributed by atoms with E-state index in [4.69, 9.17) is 4.42 Å². The van der Waals surface area contributed by atoms with Crippen LogP contribution >= 0.6 is 0 Å². The summed E-state index contributed by atoms with van der Waals surface area (Å²) in [5.41, 5.74) is 0.626. The number of aromatic carboxylic acids is 1. The summed E-state index contributed by atoms with van der Waals surface area (Å²) in [6, 6.07) is 9.89. The number of furan rings is 1. The molecule has 0 aliphatic heterocycles. The molecule has 1 N–H and O–H groups in total. The first kappa shape index (κ1) is 18.2. The molecule has 2 heterocycles. The average Bonchev–Trinajstić information content (AvgIpc) is 3.24. The third-order valence-electron chi connectivity index (χ3n) is 4.51. The van der Waals surface area contributed by atoms with Crippen LogP contribution in [-0.2, 0) is 16.6 Å². The number of hydrogen-bond donors (Lipinski definition) is 1. The van der Waals surface area contributed by atoms with E-state index < -0.39 is 22.0 Å². The fraction of sp³-hybridized carbons (Fsp3) is 0.278. The molecule has 0 saturated carbocycles. The summed E-state index contributed by atoms with van der Waals surface area (Å²) in [5.74, 6) is -0.646. The lowest BCUT2D eigenvalue weighted by Crippen LogP contribution is -2.29. The van der Waals surface area contributed by atoms with Gasteiger partial charge in [0.1, 0.15) is 21.9 Å².